The number of ether oxygens (including phenoxy) is 1. The van der Waals surface area contributed by atoms with E-state index in [0.717, 1.165) is 12.8 Å². The van der Waals surface area contributed by atoms with Crippen LogP contribution in [0, 0.1) is 5.92 Å². The van der Waals surface area contributed by atoms with Crippen LogP contribution in [0.25, 0.3) is 0 Å². The predicted molar refractivity (Wildman–Crippen MR) is 78.4 cm³/mol. The number of rotatable bonds is 6. The second-order valence-corrected chi connectivity index (χ2v) is 4.77. The van der Waals surface area contributed by atoms with Gasteiger partial charge in [0.1, 0.15) is 0 Å². The zero-order valence-corrected chi connectivity index (χ0v) is 12.2. The minimum atomic E-state index is -0.136. The fourth-order valence-corrected chi connectivity index (χ4v) is 2.36. The molecule has 0 radical (unpaired) electrons. The van der Waals surface area contributed by atoms with E-state index in [1.165, 1.54) is 7.11 Å². The molecule has 0 bridgehead atoms. The average Bonchev–Trinajstić information content (AvgIpc) is 2.39. The molecule has 1 unspecified atom stereocenters. The lowest BCUT2D eigenvalue weighted by Crippen LogP contribution is -2.37. The number of benzene rings is 1. The van der Waals surface area contributed by atoms with Gasteiger partial charge in [-0.2, -0.15) is 0 Å². The number of anilines is 1. The number of methoxy groups -OCH3 is 1. The van der Waals surface area contributed by atoms with Crippen LogP contribution in [0.3, 0.4) is 0 Å². The fourth-order valence-electron chi connectivity index (χ4n) is 2.36. The first-order valence-corrected chi connectivity index (χ1v) is 6.78. The summed E-state index contributed by atoms with van der Waals surface area (Å²) in [6, 6.07) is 5.34. The Labute approximate surface area is 115 Å². The van der Waals surface area contributed by atoms with E-state index in [1.54, 1.807) is 18.2 Å². The van der Waals surface area contributed by atoms with Crippen molar-refractivity contribution in [1.82, 2.24) is 5.32 Å². The van der Waals surface area contributed by atoms with Gasteiger partial charge in [-0.05, 0) is 25.0 Å². The number of para-hydroxylation sites is 1. The highest BCUT2D eigenvalue weighted by molar-refractivity contribution is 5.98. The number of nitrogens with one attached hydrogen (secondary N) is 1. The molecule has 1 aromatic rings. The van der Waals surface area contributed by atoms with Crippen LogP contribution in [0.4, 0.5) is 5.69 Å². The van der Waals surface area contributed by atoms with E-state index in [-0.39, 0.29) is 11.9 Å². The average molecular weight is 264 g/mol. The van der Waals surface area contributed by atoms with E-state index >= 15 is 0 Å². The summed E-state index contributed by atoms with van der Waals surface area (Å²) in [5, 5.41) is 3.03. The zero-order chi connectivity index (χ0) is 14.4. The van der Waals surface area contributed by atoms with Gasteiger partial charge in [-0.3, -0.25) is 4.79 Å². The summed E-state index contributed by atoms with van der Waals surface area (Å²) in [5.41, 5.74) is 6.77. The van der Waals surface area contributed by atoms with Crippen LogP contribution in [0.2, 0.25) is 0 Å². The van der Waals surface area contributed by atoms with Crippen molar-refractivity contribution in [2.24, 2.45) is 5.92 Å². The van der Waals surface area contributed by atoms with Gasteiger partial charge in [0.15, 0.2) is 5.75 Å². The lowest BCUT2D eigenvalue weighted by atomic mass is 9.95. The maximum atomic E-state index is 12.3. The van der Waals surface area contributed by atoms with Gasteiger partial charge in [-0.25, -0.2) is 0 Å². The smallest absolute Gasteiger partial charge is 0.255 e. The standard InChI is InChI=1S/C15H24N2O2/c1-5-11(6-2)10(3)17-15(18)12-8-7-9-13(16)14(12)19-4/h7-11H,5-6,16H2,1-4H3,(H,17,18). The molecule has 0 aliphatic carbocycles. The molecular weight excluding hydrogens is 240 g/mol. The minimum absolute atomic E-state index is 0.133. The van der Waals surface area contributed by atoms with Crippen LogP contribution in [0.15, 0.2) is 18.2 Å². The van der Waals surface area contributed by atoms with Crippen molar-refractivity contribution in [3.63, 3.8) is 0 Å². The third-order valence-corrected chi connectivity index (χ3v) is 3.61. The van der Waals surface area contributed by atoms with Crippen molar-refractivity contribution in [1.29, 1.82) is 0 Å². The number of hydrogen-bond acceptors (Lipinski definition) is 3. The Balaban J connectivity index is 2.87. The van der Waals surface area contributed by atoms with Gasteiger partial charge in [0.05, 0.1) is 18.4 Å². The Kier molecular flexibility index (Phi) is 5.67. The van der Waals surface area contributed by atoms with Crippen molar-refractivity contribution in [2.75, 3.05) is 12.8 Å². The Morgan fingerprint density at radius 3 is 2.53 bits per heavy atom. The van der Waals surface area contributed by atoms with Gasteiger partial charge in [0.2, 0.25) is 0 Å². The van der Waals surface area contributed by atoms with E-state index in [4.69, 9.17) is 10.5 Å². The largest absolute Gasteiger partial charge is 0.494 e. The highest BCUT2D eigenvalue weighted by Crippen LogP contribution is 2.26. The number of amides is 1. The molecule has 106 valence electrons. The highest BCUT2D eigenvalue weighted by atomic mass is 16.5. The number of carbonyl (C=O) groups is 1. The van der Waals surface area contributed by atoms with Crippen LogP contribution in [-0.4, -0.2) is 19.1 Å². The van der Waals surface area contributed by atoms with Crippen molar-refractivity contribution < 1.29 is 9.53 Å². The number of nitrogens with two attached hydrogens (primary N) is 1. The number of nitrogen functional groups attached to an aromatic ring is 1. The van der Waals surface area contributed by atoms with Crippen molar-refractivity contribution in [3.8, 4) is 5.75 Å². The summed E-state index contributed by atoms with van der Waals surface area (Å²) < 4.78 is 5.21. The van der Waals surface area contributed by atoms with Crippen LogP contribution in [-0.2, 0) is 0 Å². The Hall–Kier alpha value is -1.71. The summed E-state index contributed by atoms with van der Waals surface area (Å²) in [6.45, 7) is 6.31. The summed E-state index contributed by atoms with van der Waals surface area (Å²) in [5.74, 6) is 0.788. The molecular formula is C15H24N2O2. The van der Waals surface area contributed by atoms with Crippen LogP contribution in [0.1, 0.15) is 44.0 Å². The SMILES string of the molecule is CCC(CC)C(C)NC(=O)c1cccc(N)c1OC. The first-order valence-electron chi connectivity index (χ1n) is 6.78. The summed E-state index contributed by atoms with van der Waals surface area (Å²) in [6.07, 6.45) is 2.10. The molecule has 1 atom stereocenters. The highest BCUT2D eigenvalue weighted by Gasteiger charge is 2.19. The predicted octanol–water partition coefficient (Wildman–Crippen LogP) is 2.83. The molecule has 0 aliphatic rings. The first kappa shape index (κ1) is 15.3. The first-order chi connectivity index (χ1) is 9.04. The second-order valence-electron chi connectivity index (χ2n) is 4.77. The van der Waals surface area contributed by atoms with Gasteiger partial charge in [0, 0.05) is 6.04 Å². The Morgan fingerprint density at radius 1 is 1.37 bits per heavy atom. The van der Waals surface area contributed by atoms with E-state index in [2.05, 4.69) is 19.2 Å². The summed E-state index contributed by atoms with van der Waals surface area (Å²) in [7, 11) is 1.52. The van der Waals surface area contributed by atoms with E-state index in [0.29, 0.717) is 22.9 Å². The Morgan fingerprint density at radius 2 is 2.00 bits per heavy atom. The molecule has 0 saturated heterocycles. The van der Waals surface area contributed by atoms with E-state index < -0.39 is 0 Å². The van der Waals surface area contributed by atoms with Crippen LogP contribution in [0.5, 0.6) is 5.75 Å². The third-order valence-electron chi connectivity index (χ3n) is 3.61. The zero-order valence-electron chi connectivity index (χ0n) is 12.2. The van der Waals surface area contributed by atoms with Gasteiger partial charge >= 0.3 is 0 Å². The van der Waals surface area contributed by atoms with Gasteiger partial charge in [-0.15, -0.1) is 0 Å². The van der Waals surface area contributed by atoms with Crippen molar-refractivity contribution in [2.45, 2.75) is 39.7 Å². The maximum absolute atomic E-state index is 12.3. The van der Waals surface area contributed by atoms with Crippen LogP contribution < -0.4 is 15.8 Å². The third kappa shape index (κ3) is 3.63. The topological polar surface area (TPSA) is 64.4 Å². The van der Waals surface area contributed by atoms with E-state index in [9.17, 15) is 4.79 Å². The molecule has 1 amide bonds. The lowest BCUT2D eigenvalue weighted by Gasteiger charge is -2.23. The number of carbonyl (C=O) groups excluding carboxylic acids is 1. The normalized spacial score (nSPS) is 12.3. The molecule has 4 heteroatoms. The monoisotopic (exact) mass is 264 g/mol. The molecule has 0 aromatic heterocycles. The molecule has 1 aromatic carbocycles. The molecule has 0 aliphatic heterocycles. The van der Waals surface area contributed by atoms with E-state index in [1.807, 2.05) is 6.92 Å². The molecule has 3 N–H and O–H groups in total. The molecule has 19 heavy (non-hydrogen) atoms. The van der Waals surface area contributed by atoms with Gasteiger partial charge in [0.25, 0.3) is 5.91 Å². The minimum Gasteiger partial charge on any atom is -0.494 e. The van der Waals surface area contributed by atoms with Crippen LogP contribution >= 0.6 is 0 Å². The summed E-state index contributed by atoms with van der Waals surface area (Å²) in [4.78, 5) is 12.3. The molecule has 0 fully saturated rings. The molecule has 0 saturated carbocycles. The fraction of sp³-hybridized carbons (Fsp3) is 0.533. The van der Waals surface area contributed by atoms with Crippen molar-refractivity contribution in [3.05, 3.63) is 23.8 Å². The lowest BCUT2D eigenvalue weighted by molar-refractivity contribution is 0.0922. The quantitative estimate of drug-likeness (QED) is 0.776. The Bertz CT molecular complexity index is 428. The maximum Gasteiger partial charge on any atom is 0.255 e. The van der Waals surface area contributed by atoms with Gasteiger partial charge < -0.3 is 15.8 Å². The molecule has 1 rings (SSSR count). The van der Waals surface area contributed by atoms with Crippen molar-refractivity contribution >= 4 is 11.6 Å². The second kappa shape index (κ2) is 7.02. The molecule has 0 spiro atoms. The number of hydrogen-bond donors (Lipinski definition) is 2. The molecule has 4 nitrogen and oxygen atoms in total. The molecule has 0 heterocycles. The van der Waals surface area contributed by atoms with Gasteiger partial charge in [-0.1, -0.05) is 32.8 Å². The summed E-state index contributed by atoms with van der Waals surface area (Å²) >= 11 is 0.